The molecule has 2 aliphatic heterocycles. The highest BCUT2D eigenvalue weighted by Gasteiger charge is 2.63. The summed E-state index contributed by atoms with van der Waals surface area (Å²) in [6.07, 6.45) is 3.93. The van der Waals surface area contributed by atoms with E-state index in [1.54, 1.807) is 0 Å². The molecule has 1 aromatic rings. The number of carbonyl (C=O) groups is 1. The maximum absolute atomic E-state index is 13.4. The van der Waals surface area contributed by atoms with Gasteiger partial charge in [-0.15, -0.1) is 0 Å². The molecule has 126 valence electrons. The summed E-state index contributed by atoms with van der Waals surface area (Å²) < 4.78 is 6.38. The van der Waals surface area contributed by atoms with Crippen molar-refractivity contribution in [3.63, 3.8) is 0 Å². The van der Waals surface area contributed by atoms with Crippen LogP contribution in [0.4, 0.5) is 0 Å². The highest BCUT2D eigenvalue weighted by molar-refractivity contribution is 5.86. The molecule has 0 unspecified atom stereocenters. The summed E-state index contributed by atoms with van der Waals surface area (Å²) in [7, 11) is 0. The summed E-state index contributed by atoms with van der Waals surface area (Å²) >= 11 is 0. The van der Waals surface area contributed by atoms with Gasteiger partial charge >= 0.3 is 0 Å². The fourth-order valence-corrected chi connectivity index (χ4v) is 4.26. The number of ether oxygens (including phenoxy) is 1. The topological polar surface area (TPSA) is 29.5 Å². The lowest BCUT2D eigenvalue weighted by Gasteiger charge is -2.34. The second kappa shape index (κ2) is 5.94. The second-order valence-electron chi connectivity index (χ2n) is 7.79. The zero-order valence-electron chi connectivity index (χ0n) is 14.8. The van der Waals surface area contributed by atoms with E-state index in [2.05, 4.69) is 44.7 Å². The molecule has 1 amide bonds. The Hall–Kier alpha value is -1.35. The van der Waals surface area contributed by atoms with E-state index in [4.69, 9.17) is 4.74 Å². The molecule has 0 bridgehead atoms. The molecule has 1 aromatic carbocycles. The van der Waals surface area contributed by atoms with Gasteiger partial charge in [-0.3, -0.25) is 4.79 Å². The van der Waals surface area contributed by atoms with Crippen molar-refractivity contribution in [1.82, 2.24) is 4.90 Å². The molecule has 3 rings (SSSR count). The predicted molar refractivity (Wildman–Crippen MR) is 91.8 cm³/mol. The molecule has 3 heteroatoms. The smallest absolute Gasteiger partial charge is 0.231 e. The van der Waals surface area contributed by atoms with Gasteiger partial charge in [0.05, 0.1) is 18.1 Å². The van der Waals surface area contributed by atoms with Crippen LogP contribution in [0, 0.1) is 11.3 Å². The van der Waals surface area contributed by atoms with E-state index in [0.717, 1.165) is 31.2 Å². The van der Waals surface area contributed by atoms with Crippen LogP contribution in [-0.2, 0) is 15.3 Å². The Morgan fingerprint density at radius 2 is 2.00 bits per heavy atom. The molecule has 2 saturated heterocycles. The fraction of sp³-hybridized carbons (Fsp3) is 0.650. The van der Waals surface area contributed by atoms with Crippen LogP contribution < -0.4 is 0 Å². The maximum Gasteiger partial charge on any atom is 0.231 e. The SMILES string of the molecule is CCCC[C@@]1(C)C[C@@]2(c3ccccc3)OC[C@H](C(C)C)N2C1=O. The molecule has 0 aliphatic carbocycles. The van der Waals surface area contributed by atoms with Crippen molar-refractivity contribution in [2.45, 2.75) is 65.1 Å². The first-order chi connectivity index (χ1) is 10.9. The Kier molecular flexibility index (Phi) is 4.26. The fourth-order valence-electron chi connectivity index (χ4n) is 4.26. The van der Waals surface area contributed by atoms with Crippen LogP contribution in [0.25, 0.3) is 0 Å². The van der Waals surface area contributed by atoms with Gasteiger partial charge in [0.15, 0.2) is 5.72 Å². The highest BCUT2D eigenvalue weighted by Crippen LogP contribution is 2.55. The molecule has 0 radical (unpaired) electrons. The van der Waals surface area contributed by atoms with Crippen LogP contribution in [0.1, 0.15) is 58.9 Å². The third kappa shape index (κ3) is 2.50. The van der Waals surface area contributed by atoms with Gasteiger partial charge in [-0.2, -0.15) is 0 Å². The summed E-state index contributed by atoms with van der Waals surface area (Å²) in [6, 6.07) is 10.5. The van der Waals surface area contributed by atoms with Gasteiger partial charge in [-0.25, -0.2) is 0 Å². The Morgan fingerprint density at radius 3 is 2.61 bits per heavy atom. The third-order valence-corrected chi connectivity index (χ3v) is 5.66. The minimum atomic E-state index is -0.560. The predicted octanol–water partition coefficient (Wildman–Crippen LogP) is 4.32. The van der Waals surface area contributed by atoms with Crippen LogP contribution in [0.3, 0.4) is 0 Å². The van der Waals surface area contributed by atoms with Crippen LogP contribution in [0.5, 0.6) is 0 Å². The normalized spacial score (nSPS) is 33.5. The lowest BCUT2D eigenvalue weighted by molar-refractivity contribution is -0.144. The Morgan fingerprint density at radius 1 is 1.30 bits per heavy atom. The van der Waals surface area contributed by atoms with Crippen molar-refractivity contribution in [3.05, 3.63) is 35.9 Å². The molecule has 3 nitrogen and oxygen atoms in total. The second-order valence-corrected chi connectivity index (χ2v) is 7.79. The van der Waals surface area contributed by atoms with E-state index in [0.29, 0.717) is 12.5 Å². The molecular formula is C20H29NO2. The maximum atomic E-state index is 13.4. The van der Waals surface area contributed by atoms with Gasteiger partial charge in [0.2, 0.25) is 5.91 Å². The largest absolute Gasteiger partial charge is 0.349 e. The first-order valence-corrected chi connectivity index (χ1v) is 8.98. The average Bonchev–Trinajstić information content (AvgIpc) is 3.02. The number of amides is 1. The molecule has 0 aromatic heterocycles. The molecule has 0 spiro atoms. The Balaban J connectivity index is 2.04. The summed E-state index contributed by atoms with van der Waals surface area (Å²) in [5.41, 5.74) is 0.256. The molecule has 3 atom stereocenters. The minimum Gasteiger partial charge on any atom is -0.349 e. The molecule has 2 heterocycles. The van der Waals surface area contributed by atoms with E-state index < -0.39 is 5.72 Å². The van der Waals surface area contributed by atoms with Gasteiger partial charge in [0.25, 0.3) is 0 Å². The van der Waals surface area contributed by atoms with E-state index in [1.165, 1.54) is 0 Å². The van der Waals surface area contributed by atoms with Crippen molar-refractivity contribution in [2.75, 3.05) is 6.61 Å². The van der Waals surface area contributed by atoms with Gasteiger partial charge in [-0.1, -0.05) is 70.9 Å². The van der Waals surface area contributed by atoms with Crippen molar-refractivity contribution >= 4 is 5.91 Å². The number of nitrogens with zero attached hydrogens (tertiary/aromatic N) is 1. The first kappa shape index (κ1) is 16.5. The minimum absolute atomic E-state index is 0.172. The summed E-state index contributed by atoms with van der Waals surface area (Å²) in [4.78, 5) is 15.4. The van der Waals surface area contributed by atoms with Crippen LogP contribution >= 0.6 is 0 Å². The van der Waals surface area contributed by atoms with E-state index in [-0.39, 0.29) is 17.4 Å². The molecule has 2 aliphatic rings. The monoisotopic (exact) mass is 315 g/mol. The quantitative estimate of drug-likeness (QED) is 0.809. The lowest BCUT2D eigenvalue weighted by Crippen LogP contribution is -2.46. The van der Waals surface area contributed by atoms with Crippen molar-refractivity contribution in [1.29, 1.82) is 0 Å². The number of carbonyl (C=O) groups excluding carboxylic acids is 1. The number of hydrogen-bond donors (Lipinski definition) is 0. The standard InChI is InChI=1S/C20H29NO2/c1-5-6-12-19(4)14-20(16-10-8-7-9-11-16)21(18(19)22)17(13-23-20)15(2)3/h7-11,15,17H,5-6,12-14H2,1-4H3/t17-,19+,20+/m1/s1. The molecular weight excluding hydrogens is 286 g/mol. The number of unbranched alkanes of at least 4 members (excludes halogenated alkanes) is 1. The van der Waals surface area contributed by atoms with E-state index in [1.807, 2.05) is 18.2 Å². The molecule has 0 saturated carbocycles. The van der Waals surface area contributed by atoms with Gasteiger partial charge in [-0.05, 0) is 12.3 Å². The zero-order valence-corrected chi connectivity index (χ0v) is 14.8. The lowest BCUT2D eigenvalue weighted by atomic mass is 9.80. The van der Waals surface area contributed by atoms with Gasteiger partial charge in [0, 0.05) is 12.0 Å². The number of rotatable bonds is 5. The van der Waals surface area contributed by atoms with E-state index in [9.17, 15) is 4.79 Å². The van der Waals surface area contributed by atoms with Crippen LogP contribution in [0.15, 0.2) is 30.3 Å². The average molecular weight is 315 g/mol. The molecule has 0 N–H and O–H groups in total. The van der Waals surface area contributed by atoms with Crippen LogP contribution in [0.2, 0.25) is 0 Å². The zero-order chi connectivity index (χ0) is 16.7. The van der Waals surface area contributed by atoms with Crippen LogP contribution in [-0.4, -0.2) is 23.5 Å². The van der Waals surface area contributed by atoms with Gasteiger partial charge in [0.1, 0.15) is 0 Å². The molecule has 23 heavy (non-hydrogen) atoms. The number of fused-ring (bicyclic) bond motifs is 1. The van der Waals surface area contributed by atoms with Gasteiger partial charge < -0.3 is 9.64 Å². The highest BCUT2D eigenvalue weighted by atomic mass is 16.5. The van der Waals surface area contributed by atoms with Crippen molar-refractivity contribution in [2.24, 2.45) is 11.3 Å². The summed E-state index contributed by atoms with van der Waals surface area (Å²) in [5.74, 6) is 0.684. The van der Waals surface area contributed by atoms with E-state index >= 15 is 0 Å². The number of hydrogen-bond acceptors (Lipinski definition) is 2. The van der Waals surface area contributed by atoms with Crippen molar-refractivity contribution in [3.8, 4) is 0 Å². The van der Waals surface area contributed by atoms with Crippen molar-refractivity contribution < 1.29 is 9.53 Å². The Bertz CT molecular complexity index is 570. The first-order valence-electron chi connectivity index (χ1n) is 8.98. The summed E-state index contributed by atoms with van der Waals surface area (Å²) in [6.45, 7) is 9.33. The Labute approximate surface area is 140 Å². The summed E-state index contributed by atoms with van der Waals surface area (Å²) in [5, 5.41) is 0. The number of benzene rings is 1. The molecule has 2 fully saturated rings. The third-order valence-electron chi connectivity index (χ3n) is 5.66.